The normalized spacial score (nSPS) is 10.8. The van der Waals surface area contributed by atoms with Crippen molar-refractivity contribution < 1.29 is 4.79 Å². The molecule has 0 radical (unpaired) electrons. The number of para-hydroxylation sites is 1. The van der Waals surface area contributed by atoms with Crippen molar-refractivity contribution in [3.05, 3.63) is 120 Å². The molecule has 1 amide bonds. The lowest BCUT2D eigenvalue weighted by Gasteiger charge is -2.07. The number of amides is 1. The second-order valence-electron chi connectivity index (χ2n) is 7.62. The average molecular weight is 435 g/mol. The van der Waals surface area contributed by atoms with Crippen molar-refractivity contribution in [1.82, 2.24) is 29.9 Å². The lowest BCUT2D eigenvalue weighted by molar-refractivity contribution is 0.0951. The number of aromatic nitrogens is 5. The molecular weight excluding hydrogens is 412 g/mol. The summed E-state index contributed by atoms with van der Waals surface area (Å²) < 4.78 is 3.60. The molecule has 0 aliphatic carbocycles. The number of nitrogens with zero attached hydrogens (tertiary/aromatic N) is 5. The largest absolute Gasteiger partial charge is 0.348 e. The Labute approximate surface area is 191 Å². The number of rotatable bonds is 7. The van der Waals surface area contributed by atoms with Gasteiger partial charge in [0.25, 0.3) is 5.91 Å². The summed E-state index contributed by atoms with van der Waals surface area (Å²) in [6.45, 7) is 1.14. The molecule has 2 aromatic carbocycles. The van der Waals surface area contributed by atoms with E-state index in [1.54, 1.807) is 29.5 Å². The molecule has 0 aliphatic heterocycles. The lowest BCUT2D eigenvalue weighted by atomic mass is 10.1. The van der Waals surface area contributed by atoms with Gasteiger partial charge in [-0.2, -0.15) is 10.2 Å². The predicted molar refractivity (Wildman–Crippen MR) is 126 cm³/mol. The average Bonchev–Trinajstić information content (AvgIpc) is 3.55. The Morgan fingerprint density at radius 1 is 0.879 bits per heavy atom. The zero-order valence-electron chi connectivity index (χ0n) is 17.9. The van der Waals surface area contributed by atoms with Gasteiger partial charge in [0, 0.05) is 43.1 Å². The smallest absolute Gasteiger partial charge is 0.255 e. The van der Waals surface area contributed by atoms with Crippen LogP contribution in [0.25, 0.3) is 16.9 Å². The number of hydrogen-bond donors (Lipinski definition) is 1. The fourth-order valence-electron chi connectivity index (χ4n) is 3.59. The van der Waals surface area contributed by atoms with E-state index in [1.165, 1.54) is 0 Å². The van der Waals surface area contributed by atoms with Crippen LogP contribution < -0.4 is 5.32 Å². The van der Waals surface area contributed by atoms with E-state index in [-0.39, 0.29) is 5.91 Å². The maximum absolute atomic E-state index is 13.1. The van der Waals surface area contributed by atoms with Crippen molar-refractivity contribution in [2.24, 2.45) is 0 Å². The number of benzene rings is 2. The van der Waals surface area contributed by atoms with Gasteiger partial charge in [-0.25, -0.2) is 4.68 Å². The molecule has 5 rings (SSSR count). The van der Waals surface area contributed by atoms with Crippen LogP contribution in [0.1, 0.15) is 21.5 Å². The summed E-state index contributed by atoms with van der Waals surface area (Å²) in [6, 6.07) is 23.5. The van der Waals surface area contributed by atoms with Gasteiger partial charge in [0.15, 0.2) is 0 Å². The number of carbonyl (C=O) groups excluding carboxylic acids is 1. The standard InChI is InChI=1S/C26H22N6O/c33-26(28-16-20-9-11-21(12-10-20)18-31-15-5-14-29-31)24-19-32(23-7-2-1-3-8-23)30-25(24)22-6-4-13-27-17-22/h1-15,17,19H,16,18H2,(H,28,33). The van der Waals surface area contributed by atoms with Crippen LogP contribution in [0.2, 0.25) is 0 Å². The van der Waals surface area contributed by atoms with E-state index in [9.17, 15) is 4.79 Å². The third-order valence-electron chi connectivity index (χ3n) is 5.29. The molecular formula is C26H22N6O. The minimum atomic E-state index is -0.184. The summed E-state index contributed by atoms with van der Waals surface area (Å²) >= 11 is 0. The molecule has 0 atom stereocenters. The highest BCUT2D eigenvalue weighted by atomic mass is 16.1. The van der Waals surface area contributed by atoms with Gasteiger partial charge in [-0.3, -0.25) is 14.5 Å². The molecule has 0 saturated heterocycles. The van der Waals surface area contributed by atoms with Crippen molar-refractivity contribution in [2.75, 3.05) is 0 Å². The highest BCUT2D eigenvalue weighted by Gasteiger charge is 2.18. The lowest BCUT2D eigenvalue weighted by Crippen LogP contribution is -2.23. The van der Waals surface area contributed by atoms with Crippen LogP contribution in [0.3, 0.4) is 0 Å². The van der Waals surface area contributed by atoms with Gasteiger partial charge in [0.1, 0.15) is 5.69 Å². The van der Waals surface area contributed by atoms with E-state index in [4.69, 9.17) is 0 Å². The summed E-state index contributed by atoms with van der Waals surface area (Å²) in [4.78, 5) is 17.3. The summed E-state index contributed by atoms with van der Waals surface area (Å²) in [6.07, 6.45) is 8.88. The first-order chi connectivity index (χ1) is 16.3. The monoisotopic (exact) mass is 434 g/mol. The quantitative estimate of drug-likeness (QED) is 0.418. The molecule has 7 heteroatoms. The van der Waals surface area contributed by atoms with Crippen LogP contribution in [0, 0.1) is 0 Å². The third-order valence-corrected chi connectivity index (χ3v) is 5.29. The van der Waals surface area contributed by atoms with Crippen LogP contribution in [0.5, 0.6) is 0 Å². The molecule has 0 unspecified atom stereocenters. The van der Waals surface area contributed by atoms with Crippen LogP contribution in [0.15, 0.2) is 104 Å². The number of nitrogens with one attached hydrogen (secondary N) is 1. The second-order valence-corrected chi connectivity index (χ2v) is 7.62. The van der Waals surface area contributed by atoms with Gasteiger partial charge < -0.3 is 5.32 Å². The zero-order valence-corrected chi connectivity index (χ0v) is 17.9. The molecule has 0 aliphatic rings. The second kappa shape index (κ2) is 9.32. The van der Waals surface area contributed by atoms with E-state index in [0.717, 1.165) is 22.4 Å². The summed E-state index contributed by atoms with van der Waals surface area (Å²) in [5, 5.41) is 11.9. The molecule has 0 fully saturated rings. The predicted octanol–water partition coefficient (Wildman–Crippen LogP) is 4.11. The summed E-state index contributed by atoms with van der Waals surface area (Å²) in [5.41, 5.74) is 4.94. The van der Waals surface area contributed by atoms with Crippen molar-refractivity contribution >= 4 is 5.91 Å². The first-order valence-electron chi connectivity index (χ1n) is 10.7. The Balaban J connectivity index is 1.34. The minimum absolute atomic E-state index is 0.184. The number of carbonyl (C=O) groups is 1. The van der Waals surface area contributed by atoms with Crippen molar-refractivity contribution in [3.8, 4) is 16.9 Å². The molecule has 7 nitrogen and oxygen atoms in total. The van der Waals surface area contributed by atoms with Crippen molar-refractivity contribution in [1.29, 1.82) is 0 Å². The fraction of sp³-hybridized carbons (Fsp3) is 0.0769. The van der Waals surface area contributed by atoms with Gasteiger partial charge in [-0.05, 0) is 41.5 Å². The first kappa shape index (κ1) is 20.4. The minimum Gasteiger partial charge on any atom is -0.348 e. The Morgan fingerprint density at radius 2 is 1.70 bits per heavy atom. The maximum atomic E-state index is 13.1. The SMILES string of the molecule is O=C(NCc1ccc(Cn2cccn2)cc1)c1cn(-c2ccccc2)nc1-c1cccnc1. The van der Waals surface area contributed by atoms with E-state index in [2.05, 4.69) is 32.6 Å². The van der Waals surface area contributed by atoms with Crippen molar-refractivity contribution in [3.63, 3.8) is 0 Å². The van der Waals surface area contributed by atoms with Gasteiger partial charge in [-0.15, -0.1) is 0 Å². The highest BCUT2D eigenvalue weighted by Crippen LogP contribution is 2.23. The highest BCUT2D eigenvalue weighted by molar-refractivity contribution is 5.99. The molecule has 3 aromatic heterocycles. The third kappa shape index (κ3) is 4.72. The maximum Gasteiger partial charge on any atom is 0.255 e. The van der Waals surface area contributed by atoms with E-state index in [1.807, 2.05) is 71.5 Å². The molecule has 0 bridgehead atoms. The Morgan fingerprint density at radius 3 is 2.42 bits per heavy atom. The van der Waals surface area contributed by atoms with Gasteiger partial charge in [0.2, 0.25) is 0 Å². The van der Waals surface area contributed by atoms with Crippen molar-refractivity contribution in [2.45, 2.75) is 13.1 Å². The van der Waals surface area contributed by atoms with E-state index >= 15 is 0 Å². The zero-order chi connectivity index (χ0) is 22.5. The van der Waals surface area contributed by atoms with Gasteiger partial charge in [0.05, 0.1) is 17.8 Å². The Bertz CT molecular complexity index is 1330. The Kier molecular flexibility index (Phi) is 5.75. The molecule has 33 heavy (non-hydrogen) atoms. The molecule has 3 heterocycles. The topological polar surface area (TPSA) is 77.6 Å². The fourth-order valence-corrected chi connectivity index (χ4v) is 3.59. The van der Waals surface area contributed by atoms with Crippen LogP contribution in [0.4, 0.5) is 0 Å². The van der Waals surface area contributed by atoms with E-state index in [0.29, 0.717) is 24.3 Å². The summed E-state index contributed by atoms with van der Waals surface area (Å²) in [5.74, 6) is -0.184. The molecule has 1 N–H and O–H groups in total. The van der Waals surface area contributed by atoms with Crippen LogP contribution in [-0.4, -0.2) is 30.5 Å². The first-order valence-corrected chi connectivity index (χ1v) is 10.7. The summed E-state index contributed by atoms with van der Waals surface area (Å²) in [7, 11) is 0. The van der Waals surface area contributed by atoms with Gasteiger partial charge >= 0.3 is 0 Å². The van der Waals surface area contributed by atoms with E-state index < -0.39 is 0 Å². The number of hydrogen-bond acceptors (Lipinski definition) is 4. The van der Waals surface area contributed by atoms with Crippen LogP contribution >= 0.6 is 0 Å². The molecule has 5 aromatic rings. The Hall–Kier alpha value is -4.52. The van der Waals surface area contributed by atoms with Crippen LogP contribution in [-0.2, 0) is 13.1 Å². The molecule has 0 saturated carbocycles. The molecule has 162 valence electrons. The molecule has 0 spiro atoms. The van der Waals surface area contributed by atoms with Gasteiger partial charge in [-0.1, -0.05) is 42.5 Å². The number of pyridine rings is 1.